The summed E-state index contributed by atoms with van der Waals surface area (Å²) in [6.45, 7) is 0.313. The van der Waals surface area contributed by atoms with E-state index >= 15 is 0 Å². The van der Waals surface area contributed by atoms with Crippen molar-refractivity contribution >= 4 is 33.8 Å². The summed E-state index contributed by atoms with van der Waals surface area (Å²) in [7, 11) is -3.90. The number of aryl methyl sites for hydroxylation is 1. The van der Waals surface area contributed by atoms with Crippen molar-refractivity contribution in [1.29, 1.82) is 0 Å². The van der Waals surface area contributed by atoms with Crippen molar-refractivity contribution in [3.05, 3.63) is 47.9 Å². The molecule has 3 atom stereocenters. The van der Waals surface area contributed by atoms with Crippen LogP contribution in [0.15, 0.2) is 40.8 Å². The SMILES string of the molecule is Cc1ccccc1S(=O)(=O)NCC1=CC[C]C(=O)[N@@+](CC(=O)NC2CC(=O)OC2O)(C(N)=O)C1. The smallest absolute Gasteiger partial charge is 0.422 e. The quantitative estimate of drug-likeness (QED) is 0.209. The van der Waals surface area contributed by atoms with Crippen molar-refractivity contribution in [2.75, 3.05) is 19.6 Å². The van der Waals surface area contributed by atoms with Crippen molar-refractivity contribution in [1.82, 2.24) is 10.0 Å². The van der Waals surface area contributed by atoms with Crippen LogP contribution in [0.2, 0.25) is 0 Å². The largest absolute Gasteiger partial charge is 0.434 e. The van der Waals surface area contributed by atoms with Crippen LogP contribution < -0.4 is 15.8 Å². The molecule has 0 bridgehead atoms. The molecular formula is C21H25N4O8S+. The second-order valence-electron chi connectivity index (χ2n) is 8.02. The first-order valence-electron chi connectivity index (χ1n) is 10.3. The lowest BCUT2D eigenvalue weighted by Gasteiger charge is -2.30. The number of carbonyl (C=O) groups is 4. The normalized spacial score (nSPS) is 25.3. The Bertz CT molecular complexity index is 1150. The fraction of sp³-hybridized carbons (Fsp3) is 0.381. The number of rotatable bonds is 7. The van der Waals surface area contributed by atoms with Gasteiger partial charge in [0.1, 0.15) is 19.0 Å². The minimum Gasteiger partial charge on any atom is -0.434 e. The van der Waals surface area contributed by atoms with Crippen LogP contribution in [-0.4, -0.2) is 73.8 Å². The highest BCUT2D eigenvalue weighted by Crippen LogP contribution is 2.21. The lowest BCUT2D eigenvalue weighted by Crippen LogP contribution is -2.64. The summed E-state index contributed by atoms with van der Waals surface area (Å²) in [6.07, 6.45) is 2.16. The van der Waals surface area contributed by atoms with Gasteiger partial charge in [-0.15, -0.1) is 0 Å². The summed E-state index contributed by atoms with van der Waals surface area (Å²) in [4.78, 5) is 49.1. The Labute approximate surface area is 196 Å². The Morgan fingerprint density at radius 2 is 2.00 bits per heavy atom. The highest BCUT2D eigenvalue weighted by Gasteiger charge is 2.47. The van der Waals surface area contributed by atoms with Crippen LogP contribution in [0, 0.1) is 13.3 Å². The van der Waals surface area contributed by atoms with E-state index in [1.54, 1.807) is 25.1 Å². The second kappa shape index (κ2) is 10.0. The van der Waals surface area contributed by atoms with Crippen molar-refractivity contribution in [2.24, 2.45) is 5.73 Å². The Morgan fingerprint density at radius 3 is 2.62 bits per heavy atom. The fourth-order valence-corrected chi connectivity index (χ4v) is 5.00. The topological polar surface area (TPSA) is 182 Å². The number of allylic oxidation sites excluding steroid dienone is 1. The summed E-state index contributed by atoms with van der Waals surface area (Å²) in [5.74, 6) is -2.40. The van der Waals surface area contributed by atoms with Gasteiger partial charge < -0.3 is 20.9 Å². The second-order valence-corrected chi connectivity index (χ2v) is 9.75. The van der Waals surface area contributed by atoms with Crippen molar-refractivity contribution in [2.45, 2.75) is 37.0 Å². The van der Waals surface area contributed by atoms with Gasteiger partial charge in [0.2, 0.25) is 16.3 Å². The maximum atomic E-state index is 12.8. The van der Waals surface area contributed by atoms with E-state index in [4.69, 9.17) is 5.73 Å². The Balaban J connectivity index is 1.76. The number of amides is 4. The fourth-order valence-electron chi connectivity index (χ4n) is 3.72. The number of imide groups is 1. The van der Waals surface area contributed by atoms with Gasteiger partial charge in [-0.25, -0.2) is 22.7 Å². The number of ether oxygens (including phenoxy) is 1. The van der Waals surface area contributed by atoms with E-state index in [2.05, 4.69) is 21.2 Å². The van der Waals surface area contributed by atoms with Gasteiger partial charge in [-0.3, -0.25) is 9.59 Å². The molecule has 34 heavy (non-hydrogen) atoms. The Morgan fingerprint density at radius 1 is 1.29 bits per heavy atom. The van der Waals surface area contributed by atoms with Crippen LogP contribution >= 0.6 is 0 Å². The molecule has 0 saturated carbocycles. The van der Waals surface area contributed by atoms with Crippen molar-refractivity contribution in [3.8, 4) is 0 Å². The number of hydrogen-bond acceptors (Lipinski definition) is 8. The van der Waals surface area contributed by atoms with E-state index in [1.165, 1.54) is 12.1 Å². The van der Waals surface area contributed by atoms with Gasteiger partial charge in [-0.05, 0) is 30.5 Å². The maximum Gasteiger partial charge on any atom is 0.422 e. The number of nitrogens with zero attached hydrogens (tertiary/aromatic N) is 1. The van der Waals surface area contributed by atoms with E-state index in [9.17, 15) is 32.7 Å². The van der Waals surface area contributed by atoms with Crippen LogP contribution in [0.1, 0.15) is 18.4 Å². The number of esters is 1. The molecule has 1 aromatic carbocycles. The third-order valence-corrected chi connectivity index (χ3v) is 7.10. The number of urea groups is 1. The van der Waals surface area contributed by atoms with E-state index in [0.717, 1.165) is 0 Å². The number of aliphatic hydroxyl groups is 1. The number of sulfonamides is 1. The van der Waals surface area contributed by atoms with Gasteiger partial charge >= 0.3 is 17.9 Å². The molecule has 4 amide bonds. The van der Waals surface area contributed by atoms with Crippen LogP contribution in [0.3, 0.4) is 0 Å². The molecule has 1 fully saturated rings. The van der Waals surface area contributed by atoms with Crippen LogP contribution in [0.4, 0.5) is 4.79 Å². The zero-order valence-corrected chi connectivity index (χ0v) is 19.1. The molecule has 182 valence electrons. The van der Waals surface area contributed by atoms with Gasteiger partial charge in [0.15, 0.2) is 6.54 Å². The molecule has 2 radical (unpaired) electrons. The number of benzene rings is 1. The molecule has 5 N–H and O–H groups in total. The van der Waals surface area contributed by atoms with Gasteiger partial charge in [-0.2, -0.15) is 4.48 Å². The number of primary amides is 1. The molecule has 2 aliphatic heterocycles. The van der Waals surface area contributed by atoms with Gasteiger partial charge in [0.25, 0.3) is 5.91 Å². The van der Waals surface area contributed by atoms with Crippen molar-refractivity contribution in [3.63, 3.8) is 0 Å². The molecule has 3 rings (SSSR count). The molecule has 0 aliphatic carbocycles. The summed E-state index contributed by atoms with van der Waals surface area (Å²) >= 11 is 0. The van der Waals surface area contributed by atoms with E-state index < -0.39 is 57.2 Å². The van der Waals surface area contributed by atoms with E-state index in [0.29, 0.717) is 11.1 Å². The minimum absolute atomic E-state index is 0.0150. The van der Waals surface area contributed by atoms with Crippen molar-refractivity contribution < 1.29 is 41.9 Å². The number of aliphatic hydroxyl groups excluding tert-OH is 1. The molecule has 13 heteroatoms. The van der Waals surface area contributed by atoms with Gasteiger partial charge in [0.05, 0.1) is 11.3 Å². The van der Waals surface area contributed by atoms with Gasteiger partial charge in [-0.1, -0.05) is 24.3 Å². The molecular weight excluding hydrogens is 468 g/mol. The standard InChI is InChI=1S/C21H24N4O8S/c1-13-5-2-3-7-16(13)34(31,32)23-10-14-6-4-8-18(27)25(11-14,21(22)30)12-17(26)24-15-9-19(28)33-20(15)29/h2-3,5-7,15,20,23,29H,4,9-12H2,1H3,(H2-,22,24,26,30)/p+1/t15?,20?,25-/m1/s1. The number of carbonyl (C=O) groups excluding carboxylic acids is 4. The summed E-state index contributed by atoms with van der Waals surface area (Å²) in [5.41, 5.74) is 6.41. The Hall–Kier alpha value is -3.13. The lowest BCUT2D eigenvalue weighted by molar-refractivity contribution is -0.756. The number of cyclic esters (lactones) is 1. The van der Waals surface area contributed by atoms with Crippen LogP contribution in [-0.2, 0) is 29.1 Å². The number of nitrogens with two attached hydrogens (primary N) is 1. The molecule has 2 aliphatic rings. The lowest BCUT2D eigenvalue weighted by atomic mass is 10.2. The molecule has 2 unspecified atom stereocenters. The molecule has 0 aromatic heterocycles. The maximum absolute atomic E-state index is 12.8. The average Bonchev–Trinajstić information content (AvgIpc) is 2.97. The van der Waals surface area contributed by atoms with Crippen LogP contribution in [0.5, 0.6) is 0 Å². The predicted molar refractivity (Wildman–Crippen MR) is 116 cm³/mol. The zero-order valence-electron chi connectivity index (χ0n) is 18.3. The average molecular weight is 494 g/mol. The van der Waals surface area contributed by atoms with Gasteiger partial charge in [0, 0.05) is 6.54 Å². The number of hydrogen-bond donors (Lipinski definition) is 4. The molecule has 1 aromatic rings. The molecule has 2 heterocycles. The summed E-state index contributed by atoms with van der Waals surface area (Å²) < 4.78 is 31.3. The van der Waals surface area contributed by atoms with E-state index in [-0.39, 0.29) is 30.8 Å². The highest BCUT2D eigenvalue weighted by molar-refractivity contribution is 7.89. The molecule has 12 nitrogen and oxygen atoms in total. The monoisotopic (exact) mass is 493 g/mol. The molecule has 0 spiro atoms. The van der Waals surface area contributed by atoms with Crippen LogP contribution in [0.25, 0.3) is 0 Å². The summed E-state index contributed by atoms with van der Waals surface area (Å²) in [5, 5.41) is 12.0. The highest BCUT2D eigenvalue weighted by atomic mass is 32.2. The number of quaternary nitrogens is 1. The number of nitrogens with one attached hydrogen (secondary N) is 2. The first kappa shape index (κ1) is 25.5. The first-order valence-corrected chi connectivity index (χ1v) is 11.8. The first-order chi connectivity index (χ1) is 15.9. The third kappa shape index (κ3) is 5.50. The minimum atomic E-state index is -3.90. The zero-order chi connectivity index (χ0) is 25.1. The van der Waals surface area contributed by atoms with E-state index in [1.807, 2.05) is 0 Å². The Kier molecular flexibility index (Phi) is 7.51. The third-order valence-electron chi connectivity index (χ3n) is 5.54. The predicted octanol–water partition coefficient (Wildman–Crippen LogP) is -1.14. The molecule has 1 saturated heterocycles. The summed E-state index contributed by atoms with van der Waals surface area (Å²) in [6, 6.07) is 4.21.